The van der Waals surface area contributed by atoms with Crippen molar-refractivity contribution in [1.29, 1.82) is 0 Å². The van der Waals surface area contributed by atoms with Gasteiger partial charge >= 0.3 is 5.97 Å². The highest BCUT2D eigenvalue weighted by atomic mass is 16.5. The van der Waals surface area contributed by atoms with Gasteiger partial charge in [-0.05, 0) is 43.3 Å². The van der Waals surface area contributed by atoms with Crippen LogP contribution < -0.4 is 15.4 Å². The molecule has 3 rings (SSSR count). The van der Waals surface area contributed by atoms with Crippen molar-refractivity contribution < 1.29 is 14.3 Å². The minimum atomic E-state index is -0.371. The zero-order chi connectivity index (χ0) is 19.2. The van der Waals surface area contributed by atoms with Crippen LogP contribution in [0.15, 0.2) is 54.6 Å². The summed E-state index contributed by atoms with van der Waals surface area (Å²) in [6.45, 7) is 1.82. The van der Waals surface area contributed by atoms with Crippen LogP contribution in [0, 0.1) is 6.92 Å². The topological polar surface area (TPSA) is 85.4 Å². The Balaban J connectivity index is 1.77. The first-order valence-corrected chi connectivity index (χ1v) is 8.29. The molecule has 0 aliphatic carbocycles. The maximum atomic E-state index is 11.5. The van der Waals surface area contributed by atoms with E-state index < -0.39 is 0 Å². The third-order valence-electron chi connectivity index (χ3n) is 3.76. The van der Waals surface area contributed by atoms with E-state index in [1.54, 1.807) is 37.4 Å². The van der Waals surface area contributed by atoms with E-state index in [0.29, 0.717) is 23.0 Å². The van der Waals surface area contributed by atoms with Crippen molar-refractivity contribution in [1.82, 2.24) is 9.97 Å². The summed E-state index contributed by atoms with van der Waals surface area (Å²) in [6.07, 6.45) is 0. The summed E-state index contributed by atoms with van der Waals surface area (Å²) in [4.78, 5) is 20.3. The van der Waals surface area contributed by atoms with Crippen LogP contribution in [0.5, 0.6) is 5.75 Å². The van der Waals surface area contributed by atoms with E-state index in [4.69, 9.17) is 9.47 Å². The van der Waals surface area contributed by atoms with Crippen molar-refractivity contribution >= 4 is 29.0 Å². The first-order chi connectivity index (χ1) is 13.1. The average molecular weight is 364 g/mol. The lowest BCUT2D eigenvalue weighted by Crippen LogP contribution is -2.03. The minimum Gasteiger partial charge on any atom is -0.497 e. The molecule has 7 heteroatoms. The van der Waals surface area contributed by atoms with E-state index in [9.17, 15) is 4.79 Å². The SMILES string of the molecule is COC(=O)c1ccc(Nc2cc(Nc3cccc(OC)c3)nc(C)n2)cc1. The summed E-state index contributed by atoms with van der Waals surface area (Å²) in [6, 6.07) is 16.4. The molecule has 2 aromatic carbocycles. The summed E-state index contributed by atoms with van der Waals surface area (Å²) in [7, 11) is 2.98. The van der Waals surface area contributed by atoms with Crippen molar-refractivity contribution in [3.05, 3.63) is 66.0 Å². The van der Waals surface area contributed by atoms with E-state index in [-0.39, 0.29) is 5.97 Å². The Kier molecular flexibility index (Phi) is 5.51. The van der Waals surface area contributed by atoms with Crippen LogP contribution in [-0.4, -0.2) is 30.2 Å². The number of benzene rings is 2. The predicted octanol–water partition coefficient (Wildman–Crippen LogP) is 4.07. The Morgan fingerprint density at radius 1 is 0.889 bits per heavy atom. The number of aryl methyl sites for hydroxylation is 1. The fraction of sp³-hybridized carbons (Fsp3) is 0.150. The molecule has 0 aliphatic heterocycles. The zero-order valence-corrected chi connectivity index (χ0v) is 15.3. The molecule has 2 N–H and O–H groups in total. The second-order valence-electron chi connectivity index (χ2n) is 5.74. The number of ether oxygens (including phenoxy) is 2. The first kappa shape index (κ1) is 18.2. The quantitative estimate of drug-likeness (QED) is 0.638. The second-order valence-corrected chi connectivity index (χ2v) is 5.74. The molecule has 0 radical (unpaired) electrons. The number of hydrogen-bond donors (Lipinski definition) is 2. The Bertz CT molecular complexity index is 942. The number of nitrogens with one attached hydrogen (secondary N) is 2. The van der Waals surface area contributed by atoms with Crippen LogP contribution in [0.25, 0.3) is 0 Å². The Hall–Kier alpha value is -3.61. The number of aromatic nitrogens is 2. The normalized spacial score (nSPS) is 10.2. The number of carbonyl (C=O) groups is 1. The van der Waals surface area contributed by atoms with Gasteiger partial charge in [-0.2, -0.15) is 0 Å². The molecule has 0 bridgehead atoms. The van der Waals surface area contributed by atoms with Crippen LogP contribution in [0.1, 0.15) is 16.2 Å². The molecule has 0 unspecified atom stereocenters. The van der Waals surface area contributed by atoms with E-state index in [2.05, 4.69) is 20.6 Å². The van der Waals surface area contributed by atoms with Gasteiger partial charge in [-0.15, -0.1) is 0 Å². The van der Waals surface area contributed by atoms with Gasteiger partial charge in [0.25, 0.3) is 0 Å². The maximum Gasteiger partial charge on any atom is 0.337 e. The van der Waals surface area contributed by atoms with Gasteiger partial charge in [0, 0.05) is 23.5 Å². The van der Waals surface area contributed by atoms with Crippen LogP contribution in [-0.2, 0) is 4.74 Å². The molecular formula is C20H20N4O3. The van der Waals surface area contributed by atoms with Crippen molar-refractivity contribution in [3.8, 4) is 5.75 Å². The zero-order valence-electron chi connectivity index (χ0n) is 15.3. The van der Waals surface area contributed by atoms with Gasteiger partial charge in [0.05, 0.1) is 19.8 Å². The number of methoxy groups -OCH3 is 2. The Labute approximate surface area is 157 Å². The average Bonchev–Trinajstić information content (AvgIpc) is 2.67. The van der Waals surface area contributed by atoms with Gasteiger partial charge in [0.2, 0.25) is 0 Å². The van der Waals surface area contributed by atoms with Crippen LogP contribution in [0.4, 0.5) is 23.0 Å². The molecule has 0 atom stereocenters. The summed E-state index contributed by atoms with van der Waals surface area (Å²) in [5.74, 6) is 2.30. The molecule has 27 heavy (non-hydrogen) atoms. The number of rotatable bonds is 6. The fourth-order valence-electron chi connectivity index (χ4n) is 2.50. The largest absolute Gasteiger partial charge is 0.497 e. The summed E-state index contributed by atoms with van der Waals surface area (Å²) in [5, 5.41) is 6.45. The third-order valence-corrected chi connectivity index (χ3v) is 3.76. The van der Waals surface area contributed by atoms with Crippen molar-refractivity contribution in [2.24, 2.45) is 0 Å². The predicted molar refractivity (Wildman–Crippen MR) is 104 cm³/mol. The van der Waals surface area contributed by atoms with Gasteiger partial charge in [0.15, 0.2) is 0 Å². The molecule has 0 spiro atoms. The minimum absolute atomic E-state index is 0.371. The van der Waals surface area contributed by atoms with Gasteiger partial charge < -0.3 is 20.1 Å². The molecule has 0 fully saturated rings. The van der Waals surface area contributed by atoms with Crippen LogP contribution >= 0.6 is 0 Å². The van der Waals surface area contributed by atoms with Crippen molar-refractivity contribution in [2.45, 2.75) is 6.92 Å². The monoisotopic (exact) mass is 364 g/mol. The molecular weight excluding hydrogens is 344 g/mol. The molecule has 1 heterocycles. The molecule has 0 saturated heterocycles. The van der Waals surface area contributed by atoms with Crippen LogP contribution in [0.2, 0.25) is 0 Å². The van der Waals surface area contributed by atoms with E-state index >= 15 is 0 Å². The van der Waals surface area contributed by atoms with Gasteiger partial charge in [0.1, 0.15) is 23.2 Å². The van der Waals surface area contributed by atoms with E-state index in [1.165, 1.54) is 7.11 Å². The number of nitrogens with zero attached hydrogens (tertiary/aromatic N) is 2. The van der Waals surface area contributed by atoms with Crippen molar-refractivity contribution in [2.75, 3.05) is 24.9 Å². The van der Waals surface area contributed by atoms with E-state index in [1.807, 2.05) is 31.2 Å². The fourth-order valence-corrected chi connectivity index (χ4v) is 2.50. The lowest BCUT2D eigenvalue weighted by atomic mass is 10.2. The van der Waals surface area contributed by atoms with Crippen LogP contribution in [0.3, 0.4) is 0 Å². The van der Waals surface area contributed by atoms with Gasteiger partial charge in [-0.1, -0.05) is 6.07 Å². The number of anilines is 4. The molecule has 1 aromatic heterocycles. The van der Waals surface area contributed by atoms with Crippen molar-refractivity contribution in [3.63, 3.8) is 0 Å². The molecule has 7 nitrogen and oxygen atoms in total. The standard InChI is InChI=1S/C20H20N4O3/c1-13-21-18(23-15-9-7-14(8-10-15)20(25)27-3)12-19(22-13)24-16-5-4-6-17(11-16)26-2/h4-12H,1-3H3,(H2,21,22,23,24). The third kappa shape index (κ3) is 4.72. The molecule has 0 aliphatic rings. The summed E-state index contributed by atoms with van der Waals surface area (Å²) < 4.78 is 9.94. The maximum absolute atomic E-state index is 11.5. The highest BCUT2D eigenvalue weighted by molar-refractivity contribution is 5.89. The highest BCUT2D eigenvalue weighted by Crippen LogP contribution is 2.23. The van der Waals surface area contributed by atoms with Gasteiger partial charge in [-0.3, -0.25) is 0 Å². The number of esters is 1. The number of carbonyl (C=O) groups excluding carboxylic acids is 1. The molecule has 138 valence electrons. The smallest absolute Gasteiger partial charge is 0.337 e. The summed E-state index contributed by atoms with van der Waals surface area (Å²) in [5.41, 5.74) is 2.15. The lowest BCUT2D eigenvalue weighted by molar-refractivity contribution is 0.0601. The Morgan fingerprint density at radius 3 is 2.19 bits per heavy atom. The molecule has 0 amide bonds. The first-order valence-electron chi connectivity index (χ1n) is 8.29. The Morgan fingerprint density at radius 2 is 1.56 bits per heavy atom. The van der Waals surface area contributed by atoms with Gasteiger partial charge in [-0.25, -0.2) is 14.8 Å². The van der Waals surface area contributed by atoms with E-state index in [0.717, 1.165) is 17.1 Å². The number of hydrogen-bond acceptors (Lipinski definition) is 7. The summed E-state index contributed by atoms with van der Waals surface area (Å²) >= 11 is 0. The highest BCUT2D eigenvalue weighted by Gasteiger charge is 2.07. The second kappa shape index (κ2) is 8.18. The molecule has 3 aromatic rings. The molecule has 0 saturated carbocycles. The lowest BCUT2D eigenvalue weighted by Gasteiger charge is -2.11.